The van der Waals surface area contributed by atoms with Crippen LogP contribution in [0, 0.1) is 20.8 Å². The Balaban J connectivity index is 2.89. The zero-order chi connectivity index (χ0) is 11.0. The molecule has 1 aromatic heterocycles. The number of pyridine rings is 1. The predicted octanol–water partition coefficient (Wildman–Crippen LogP) is 3.72. The van der Waals surface area contributed by atoms with Gasteiger partial charge >= 0.3 is 0 Å². The highest BCUT2D eigenvalue weighted by molar-refractivity contribution is 5.84. The Morgan fingerprint density at radius 1 is 1.13 bits per heavy atom. The number of nitrogens with zero attached hydrogens (tertiary/aromatic N) is 1. The zero-order valence-electron chi connectivity index (χ0n) is 9.89. The van der Waals surface area contributed by atoms with Crippen LogP contribution in [0.15, 0.2) is 18.2 Å². The number of aromatic nitrogens is 1. The molecule has 2 aromatic rings. The van der Waals surface area contributed by atoms with Gasteiger partial charge in [-0.3, -0.25) is 4.98 Å². The second-order valence-electron chi connectivity index (χ2n) is 4.17. The summed E-state index contributed by atoms with van der Waals surface area (Å²) in [6, 6.07) is 6.49. The molecule has 0 aliphatic rings. The molecule has 0 N–H and O–H groups in total. The highest BCUT2D eigenvalue weighted by Crippen LogP contribution is 2.24. The van der Waals surface area contributed by atoms with Gasteiger partial charge in [0.05, 0.1) is 5.52 Å². The lowest BCUT2D eigenvalue weighted by atomic mass is 9.98. The fourth-order valence-corrected chi connectivity index (χ4v) is 2.13. The van der Waals surface area contributed by atoms with Crippen molar-refractivity contribution in [3.8, 4) is 0 Å². The maximum atomic E-state index is 4.62. The number of aryl methyl sites for hydroxylation is 3. The molecule has 1 aromatic carbocycles. The van der Waals surface area contributed by atoms with Gasteiger partial charge in [0.1, 0.15) is 0 Å². The van der Waals surface area contributed by atoms with E-state index in [1.54, 1.807) is 0 Å². The van der Waals surface area contributed by atoms with Crippen molar-refractivity contribution in [3.63, 3.8) is 0 Å². The summed E-state index contributed by atoms with van der Waals surface area (Å²) in [6.45, 7) is 8.61. The van der Waals surface area contributed by atoms with Crippen LogP contribution in [0.4, 0.5) is 0 Å². The fraction of sp³-hybridized carbons (Fsp3) is 0.357. The number of rotatable bonds is 1. The first-order chi connectivity index (χ1) is 7.13. The van der Waals surface area contributed by atoms with Gasteiger partial charge in [-0.1, -0.05) is 18.6 Å². The first kappa shape index (κ1) is 10.2. The van der Waals surface area contributed by atoms with Crippen LogP contribution in [0.25, 0.3) is 10.9 Å². The quantitative estimate of drug-likeness (QED) is 0.682. The monoisotopic (exact) mass is 199 g/mol. The lowest BCUT2D eigenvalue weighted by Gasteiger charge is -2.11. The van der Waals surface area contributed by atoms with Crippen LogP contribution in [0.3, 0.4) is 0 Å². The van der Waals surface area contributed by atoms with Crippen LogP contribution < -0.4 is 0 Å². The van der Waals surface area contributed by atoms with E-state index in [1.807, 2.05) is 0 Å². The summed E-state index contributed by atoms with van der Waals surface area (Å²) in [5, 5.41) is 1.32. The van der Waals surface area contributed by atoms with Crippen molar-refractivity contribution < 1.29 is 0 Å². The summed E-state index contributed by atoms with van der Waals surface area (Å²) < 4.78 is 0. The molecular weight excluding hydrogens is 182 g/mol. The van der Waals surface area contributed by atoms with Crippen molar-refractivity contribution in [3.05, 3.63) is 40.6 Å². The Morgan fingerprint density at radius 3 is 2.53 bits per heavy atom. The second kappa shape index (κ2) is 3.65. The molecule has 1 heterocycles. The van der Waals surface area contributed by atoms with Gasteiger partial charge in [-0.2, -0.15) is 0 Å². The molecule has 0 bridgehead atoms. The van der Waals surface area contributed by atoms with Gasteiger partial charge in [0.15, 0.2) is 0 Å². The van der Waals surface area contributed by atoms with E-state index in [9.17, 15) is 0 Å². The van der Waals surface area contributed by atoms with Crippen molar-refractivity contribution in [2.75, 3.05) is 0 Å². The van der Waals surface area contributed by atoms with Gasteiger partial charge < -0.3 is 0 Å². The van der Waals surface area contributed by atoms with Crippen LogP contribution in [-0.2, 0) is 6.42 Å². The van der Waals surface area contributed by atoms with E-state index in [0.29, 0.717) is 0 Å². The fourth-order valence-electron chi connectivity index (χ4n) is 2.13. The molecule has 1 nitrogen and oxygen atoms in total. The van der Waals surface area contributed by atoms with E-state index >= 15 is 0 Å². The topological polar surface area (TPSA) is 12.9 Å². The van der Waals surface area contributed by atoms with Gasteiger partial charge in [0.25, 0.3) is 0 Å². The SMILES string of the molecule is CCc1c(C)c(C)nc2ccc(C)cc12. The van der Waals surface area contributed by atoms with Gasteiger partial charge in [0.2, 0.25) is 0 Å². The second-order valence-corrected chi connectivity index (χ2v) is 4.17. The molecule has 78 valence electrons. The average molecular weight is 199 g/mol. The lowest BCUT2D eigenvalue weighted by Crippen LogP contribution is -1.96. The van der Waals surface area contributed by atoms with E-state index in [4.69, 9.17) is 0 Å². The summed E-state index contributed by atoms with van der Waals surface area (Å²) in [5.41, 5.74) is 6.38. The molecule has 2 rings (SSSR count). The highest BCUT2D eigenvalue weighted by atomic mass is 14.7. The van der Waals surface area contributed by atoms with Crippen LogP contribution in [0.1, 0.15) is 29.3 Å². The van der Waals surface area contributed by atoms with E-state index in [0.717, 1.165) is 17.6 Å². The highest BCUT2D eigenvalue weighted by Gasteiger charge is 2.07. The molecule has 0 aliphatic carbocycles. The third-order valence-electron chi connectivity index (χ3n) is 3.11. The summed E-state index contributed by atoms with van der Waals surface area (Å²) in [6.07, 6.45) is 1.08. The molecule has 0 aliphatic heterocycles. The summed E-state index contributed by atoms with van der Waals surface area (Å²) >= 11 is 0. The number of benzene rings is 1. The van der Waals surface area contributed by atoms with Crippen molar-refractivity contribution in [2.24, 2.45) is 0 Å². The Hall–Kier alpha value is -1.37. The molecule has 0 unspecified atom stereocenters. The molecule has 0 fully saturated rings. The van der Waals surface area contributed by atoms with E-state index in [-0.39, 0.29) is 0 Å². The minimum atomic E-state index is 1.08. The predicted molar refractivity (Wildman–Crippen MR) is 65.3 cm³/mol. The number of fused-ring (bicyclic) bond motifs is 1. The van der Waals surface area contributed by atoms with E-state index in [1.165, 1.54) is 22.1 Å². The molecule has 0 amide bonds. The zero-order valence-corrected chi connectivity index (χ0v) is 9.89. The van der Waals surface area contributed by atoms with Gasteiger partial charge in [0, 0.05) is 11.1 Å². The smallest absolute Gasteiger partial charge is 0.0708 e. The number of hydrogen-bond donors (Lipinski definition) is 0. The lowest BCUT2D eigenvalue weighted by molar-refractivity contribution is 1.08. The molecule has 0 spiro atoms. The van der Waals surface area contributed by atoms with Gasteiger partial charge in [-0.05, 0) is 50.5 Å². The third-order valence-corrected chi connectivity index (χ3v) is 3.11. The molecule has 0 atom stereocenters. The minimum Gasteiger partial charge on any atom is -0.253 e. The summed E-state index contributed by atoms with van der Waals surface area (Å²) in [7, 11) is 0. The Morgan fingerprint density at radius 2 is 1.87 bits per heavy atom. The van der Waals surface area contributed by atoms with Crippen molar-refractivity contribution in [2.45, 2.75) is 34.1 Å². The summed E-state index contributed by atoms with van der Waals surface area (Å²) in [4.78, 5) is 4.62. The maximum absolute atomic E-state index is 4.62. The van der Waals surface area contributed by atoms with Crippen molar-refractivity contribution >= 4 is 10.9 Å². The standard InChI is InChI=1S/C14H17N/c1-5-12-10(3)11(4)15-14-7-6-9(2)8-13(12)14/h6-8H,5H2,1-4H3. The van der Waals surface area contributed by atoms with Crippen LogP contribution in [0.5, 0.6) is 0 Å². The largest absolute Gasteiger partial charge is 0.253 e. The Kier molecular flexibility index (Phi) is 2.47. The Labute approximate surface area is 91.2 Å². The minimum absolute atomic E-state index is 1.08. The van der Waals surface area contributed by atoms with Gasteiger partial charge in [-0.15, -0.1) is 0 Å². The van der Waals surface area contributed by atoms with Crippen LogP contribution >= 0.6 is 0 Å². The molecular formula is C14H17N. The van der Waals surface area contributed by atoms with E-state index in [2.05, 4.69) is 50.9 Å². The Bertz CT molecular complexity index is 512. The number of hydrogen-bond acceptors (Lipinski definition) is 1. The third kappa shape index (κ3) is 1.63. The average Bonchev–Trinajstić information content (AvgIpc) is 2.21. The van der Waals surface area contributed by atoms with E-state index < -0.39 is 0 Å². The van der Waals surface area contributed by atoms with Crippen molar-refractivity contribution in [1.29, 1.82) is 0 Å². The molecule has 0 saturated carbocycles. The molecule has 0 saturated heterocycles. The molecule has 1 heteroatoms. The summed E-state index contributed by atoms with van der Waals surface area (Å²) in [5.74, 6) is 0. The van der Waals surface area contributed by atoms with Crippen LogP contribution in [0.2, 0.25) is 0 Å². The van der Waals surface area contributed by atoms with Gasteiger partial charge in [-0.25, -0.2) is 0 Å². The molecule has 15 heavy (non-hydrogen) atoms. The first-order valence-electron chi connectivity index (χ1n) is 5.50. The van der Waals surface area contributed by atoms with Crippen molar-refractivity contribution in [1.82, 2.24) is 4.98 Å². The maximum Gasteiger partial charge on any atom is 0.0708 e. The molecule has 0 radical (unpaired) electrons. The van der Waals surface area contributed by atoms with Crippen LogP contribution in [-0.4, -0.2) is 4.98 Å². The first-order valence-corrected chi connectivity index (χ1v) is 5.50. The normalized spacial score (nSPS) is 10.9.